The summed E-state index contributed by atoms with van der Waals surface area (Å²) in [4.78, 5) is 35.7. The molecule has 1 aliphatic heterocycles. The maximum Gasteiger partial charge on any atom is 0.409 e. The molecule has 1 aromatic rings. The molecule has 1 saturated heterocycles. The summed E-state index contributed by atoms with van der Waals surface area (Å²) in [5.74, 6) is -2.41. The molecule has 0 amide bonds. The van der Waals surface area contributed by atoms with Crippen molar-refractivity contribution in [2.24, 2.45) is 0 Å². The van der Waals surface area contributed by atoms with Gasteiger partial charge in [-0.2, -0.15) is 0 Å². The van der Waals surface area contributed by atoms with E-state index in [4.69, 9.17) is 11.6 Å². The normalized spacial score (nSPS) is 15.8. The zero-order chi connectivity index (χ0) is 17.0. The number of aliphatic carboxylic acids is 1. The number of Topliss-reactive ketones (excluding diaryl/α,β-unsaturated/α-hetero) is 1. The molecule has 0 radical (unpaired) electrons. The minimum Gasteiger partial charge on any atom is -0.473 e. The minimum absolute atomic E-state index is 0.163. The van der Waals surface area contributed by atoms with Crippen LogP contribution in [-0.4, -0.2) is 39.8 Å². The number of carboxylic acids is 1. The van der Waals surface area contributed by atoms with Crippen molar-refractivity contribution in [3.8, 4) is 0 Å². The Kier molecular flexibility index (Phi) is 5.33. The molecule has 0 bridgehead atoms. The van der Waals surface area contributed by atoms with Gasteiger partial charge < -0.3 is 10.0 Å². The molecule has 7 nitrogen and oxygen atoms in total. The number of hydrogen-bond acceptors (Lipinski definition) is 5. The molecule has 23 heavy (non-hydrogen) atoms. The van der Waals surface area contributed by atoms with Crippen LogP contribution in [-0.2, 0) is 4.79 Å². The fraction of sp³-hybridized carbons (Fsp3) is 0.333. The molecule has 1 heterocycles. The maximum absolute atomic E-state index is 12.7. The molecule has 8 heteroatoms. The number of carbonyl (C=O) groups excluding carboxylic acids is 1. The molecule has 2 rings (SSSR count). The molecule has 0 aliphatic carbocycles. The predicted molar refractivity (Wildman–Crippen MR) is 82.9 cm³/mol. The Bertz CT molecular complexity index is 647. The summed E-state index contributed by atoms with van der Waals surface area (Å²) in [5, 5.41) is 20.8. The first kappa shape index (κ1) is 17.0. The summed E-state index contributed by atoms with van der Waals surface area (Å²) >= 11 is 5.77. The number of nitro groups is 1. The highest BCUT2D eigenvalue weighted by Gasteiger charge is 2.36. The number of piperidine rings is 1. The van der Waals surface area contributed by atoms with Crippen LogP contribution in [0.5, 0.6) is 0 Å². The molecule has 0 spiro atoms. The second-order valence-corrected chi connectivity index (χ2v) is 5.58. The van der Waals surface area contributed by atoms with E-state index in [1.807, 2.05) is 0 Å². The largest absolute Gasteiger partial charge is 0.473 e. The zero-order valence-corrected chi connectivity index (χ0v) is 13.0. The Labute approximate surface area is 137 Å². The van der Waals surface area contributed by atoms with Gasteiger partial charge in [0.15, 0.2) is 5.70 Å². The summed E-state index contributed by atoms with van der Waals surface area (Å²) < 4.78 is 0. The second-order valence-electron chi connectivity index (χ2n) is 5.14. The van der Waals surface area contributed by atoms with E-state index in [9.17, 15) is 24.8 Å². The van der Waals surface area contributed by atoms with Crippen LogP contribution >= 0.6 is 11.6 Å². The van der Waals surface area contributed by atoms with Crippen LogP contribution in [0.1, 0.15) is 29.6 Å². The summed E-state index contributed by atoms with van der Waals surface area (Å²) in [7, 11) is 0. The molecular formula is C15H15ClN2O5. The van der Waals surface area contributed by atoms with Crippen LogP contribution in [0.15, 0.2) is 35.7 Å². The highest BCUT2D eigenvalue weighted by molar-refractivity contribution is 6.30. The average molecular weight is 339 g/mol. The lowest BCUT2D eigenvalue weighted by molar-refractivity contribution is -0.422. The third-order valence-electron chi connectivity index (χ3n) is 3.60. The van der Waals surface area contributed by atoms with Crippen molar-refractivity contribution in [1.82, 2.24) is 4.90 Å². The van der Waals surface area contributed by atoms with Gasteiger partial charge in [-0.3, -0.25) is 14.9 Å². The molecule has 0 aromatic heterocycles. The average Bonchev–Trinajstić information content (AvgIpc) is 2.52. The lowest BCUT2D eigenvalue weighted by atomic mass is 10.0. The number of carbonyl (C=O) groups is 2. The molecular weight excluding hydrogens is 324 g/mol. The van der Waals surface area contributed by atoms with Gasteiger partial charge in [-0.1, -0.05) is 11.6 Å². The third kappa shape index (κ3) is 3.87. The molecule has 0 atom stereocenters. The number of benzene rings is 1. The zero-order valence-electron chi connectivity index (χ0n) is 12.2. The van der Waals surface area contributed by atoms with Gasteiger partial charge in [0.2, 0.25) is 5.78 Å². The van der Waals surface area contributed by atoms with Crippen molar-refractivity contribution < 1.29 is 19.6 Å². The summed E-state index contributed by atoms with van der Waals surface area (Å²) in [6.07, 6.45) is 2.45. The van der Waals surface area contributed by atoms with Gasteiger partial charge in [-0.05, 0) is 43.5 Å². The van der Waals surface area contributed by atoms with Gasteiger partial charge in [0, 0.05) is 23.7 Å². The fourth-order valence-corrected chi connectivity index (χ4v) is 2.65. The van der Waals surface area contributed by atoms with Crippen LogP contribution in [0.4, 0.5) is 0 Å². The first-order chi connectivity index (χ1) is 10.9. The van der Waals surface area contributed by atoms with E-state index in [0.717, 1.165) is 19.3 Å². The Morgan fingerprint density at radius 3 is 2.17 bits per heavy atom. The molecule has 122 valence electrons. The maximum atomic E-state index is 12.7. The lowest BCUT2D eigenvalue weighted by Gasteiger charge is -2.29. The second kappa shape index (κ2) is 7.23. The molecule has 1 fully saturated rings. The van der Waals surface area contributed by atoms with E-state index in [2.05, 4.69) is 0 Å². The van der Waals surface area contributed by atoms with Gasteiger partial charge in [0.1, 0.15) is 0 Å². The topological polar surface area (TPSA) is 101 Å². The number of nitrogens with zero attached hydrogens (tertiary/aromatic N) is 2. The van der Waals surface area contributed by atoms with Crippen LogP contribution < -0.4 is 0 Å². The molecule has 1 N–H and O–H groups in total. The number of allylic oxidation sites excluding steroid dienone is 1. The summed E-state index contributed by atoms with van der Waals surface area (Å²) in [6, 6.07) is 5.81. The monoisotopic (exact) mass is 338 g/mol. The van der Waals surface area contributed by atoms with Crippen molar-refractivity contribution in [3.05, 3.63) is 56.4 Å². The molecule has 1 aliphatic rings. The number of halogens is 1. The number of ketones is 1. The van der Waals surface area contributed by atoms with Crippen LogP contribution in [0.2, 0.25) is 5.02 Å². The van der Waals surface area contributed by atoms with Crippen LogP contribution in [0.3, 0.4) is 0 Å². The molecule has 0 unspecified atom stereocenters. The van der Waals surface area contributed by atoms with Gasteiger partial charge >= 0.3 is 11.7 Å². The Hall–Kier alpha value is -2.41. The number of hydrogen-bond donors (Lipinski definition) is 1. The van der Waals surface area contributed by atoms with Crippen LogP contribution in [0.25, 0.3) is 0 Å². The molecule has 0 saturated carbocycles. The van der Waals surface area contributed by atoms with Crippen LogP contribution in [0, 0.1) is 10.1 Å². The fourth-order valence-electron chi connectivity index (χ4n) is 2.52. The highest BCUT2D eigenvalue weighted by atomic mass is 35.5. The van der Waals surface area contributed by atoms with Crippen molar-refractivity contribution in [2.45, 2.75) is 19.3 Å². The number of likely N-dealkylation sites (tertiary alicyclic amines) is 1. The van der Waals surface area contributed by atoms with Crippen molar-refractivity contribution >= 4 is 23.4 Å². The van der Waals surface area contributed by atoms with Gasteiger partial charge in [-0.25, -0.2) is 4.79 Å². The third-order valence-corrected chi connectivity index (χ3v) is 3.86. The highest BCUT2D eigenvalue weighted by Crippen LogP contribution is 2.23. The lowest BCUT2D eigenvalue weighted by Crippen LogP contribution is -2.36. The number of rotatable bonds is 5. The summed E-state index contributed by atoms with van der Waals surface area (Å²) in [6.45, 7) is 0.832. The molecule has 1 aromatic carbocycles. The Balaban J connectivity index is 2.54. The van der Waals surface area contributed by atoms with E-state index in [1.54, 1.807) is 0 Å². The summed E-state index contributed by atoms with van der Waals surface area (Å²) in [5.41, 5.74) is -1.30. The quantitative estimate of drug-likeness (QED) is 0.383. The van der Waals surface area contributed by atoms with E-state index >= 15 is 0 Å². The van der Waals surface area contributed by atoms with Crippen molar-refractivity contribution in [3.63, 3.8) is 0 Å². The van der Waals surface area contributed by atoms with Crippen molar-refractivity contribution in [2.75, 3.05) is 13.1 Å². The number of carboxylic acid groups (broad SMARTS) is 1. The van der Waals surface area contributed by atoms with E-state index in [1.165, 1.54) is 29.2 Å². The Morgan fingerprint density at radius 1 is 1.13 bits per heavy atom. The Morgan fingerprint density at radius 2 is 1.70 bits per heavy atom. The van der Waals surface area contributed by atoms with Gasteiger partial charge in [0.25, 0.3) is 0 Å². The van der Waals surface area contributed by atoms with E-state index in [0.29, 0.717) is 18.1 Å². The van der Waals surface area contributed by atoms with Gasteiger partial charge in [-0.15, -0.1) is 0 Å². The predicted octanol–water partition coefficient (Wildman–Crippen LogP) is 2.58. The minimum atomic E-state index is -1.72. The van der Waals surface area contributed by atoms with E-state index < -0.39 is 22.4 Å². The van der Waals surface area contributed by atoms with E-state index in [-0.39, 0.29) is 11.3 Å². The standard InChI is InChI=1S/C15H15ClN2O5/c16-11-6-4-10(5-7-11)14(19)12(13(15(20)21)18(22)23)17-8-2-1-3-9-17/h4-7H,1-3,8-9H2,(H,20,21)/b13-12+. The van der Waals surface area contributed by atoms with Crippen molar-refractivity contribution in [1.29, 1.82) is 0 Å². The smallest absolute Gasteiger partial charge is 0.409 e. The SMILES string of the molecule is O=C(O)/C(=C(/C(=O)c1ccc(Cl)cc1)N1CCCCC1)[N+](=O)[O-]. The first-order valence-electron chi connectivity index (χ1n) is 7.09. The first-order valence-corrected chi connectivity index (χ1v) is 7.46. The van der Waals surface area contributed by atoms with Gasteiger partial charge in [0.05, 0.1) is 4.92 Å².